The number of aliphatic hydroxyl groups is 1. The molecule has 0 saturated heterocycles. The topological polar surface area (TPSA) is 211 Å². The van der Waals surface area contributed by atoms with Gasteiger partial charge in [0, 0.05) is 5.92 Å². The van der Waals surface area contributed by atoms with Gasteiger partial charge in [-0.2, -0.15) is 25.3 Å². The lowest BCUT2D eigenvalue weighted by atomic mass is 9.43. The van der Waals surface area contributed by atoms with Crippen LogP contribution in [-0.4, -0.2) is 68.4 Å². The highest BCUT2D eigenvalue weighted by Crippen LogP contribution is 2.72. The van der Waals surface area contributed by atoms with Crippen LogP contribution in [0.15, 0.2) is 11.6 Å². The molecule has 5 aliphatic rings. The number of rotatable bonds is 11. The van der Waals surface area contributed by atoms with Gasteiger partial charge in [0.25, 0.3) is 0 Å². The SMILES string of the molecule is CC(C)C1(CC[C@@H](C)[C@H]2CC[C@@]3(C)[C@@H]4C[C@H](OS(=O)(=O)O)[C@H]5[C@@H](O)[C@H](OS(=O)(=O)O)[C@@H](OS(=O)(=O)O)C[C@]5(C)C4=CC[C@]23C)CC1C. The molecule has 0 amide bonds. The molecule has 0 bridgehead atoms. The fourth-order valence-electron chi connectivity index (χ4n) is 11.4. The summed E-state index contributed by atoms with van der Waals surface area (Å²) in [6.07, 6.45) is 0.617. The van der Waals surface area contributed by atoms with Gasteiger partial charge >= 0.3 is 31.2 Å². The molecule has 4 fully saturated rings. The molecule has 0 radical (unpaired) electrons. The van der Waals surface area contributed by atoms with Crippen LogP contribution in [0.4, 0.5) is 0 Å². The van der Waals surface area contributed by atoms with Gasteiger partial charge in [0.2, 0.25) is 0 Å². The van der Waals surface area contributed by atoms with Crippen molar-refractivity contribution in [2.75, 3.05) is 0 Å². The van der Waals surface area contributed by atoms with Crippen LogP contribution in [0.3, 0.4) is 0 Å². The normalized spacial score (nSPS) is 45.9. The van der Waals surface area contributed by atoms with Crippen molar-refractivity contribution in [1.29, 1.82) is 0 Å². The van der Waals surface area contributed by atoms with Gasteiger partial charge in [-0.1, -0.05) is 60.1 Å². The second kappa shape index (κ2) is 11.9. The summed E-state index contributed by atoms with van der Waals surface area (Å²) < 4.78 is 115. The molecular weight excluding hydrogens is 677 g/mol. The Morgan fingerprint density at radius 3 is 1.94 bits per heavy atom. The molecule has 0 aromatic heterocycles. The third kappa shape index (κ3) is 6.62. The van der Waals surface area contributed by atoms with Crippen LogP contribution in [0.1, 0.15) is 99.8 Å². The van der Waals surface area contributed by atoms with Gasteiger partial charge in [-0.15, -0.1) is 0 Å². The third-order valence-electron chi connectivity index (χ3n) is 14.1. The molecule has 5 aliphatic carbocycles. The summed E-state index contributed by atoms with van der Waals surface area (Å²) in [5.74, 6) is 0.588. The van der Waals surface area contributed by atoms with Crippen LogP contribution in [-0.2, 0) is 43.7 Å². The van der Waals surface area contributed by atoms with E-state index in [4.69, 9.17) is 8.37 Å². The molecule has 4 N–H and O–H groups in total. The zero-order valence-electron chi connectivity index (χ0n) is 28.2. The standard InChI is InChI=1S/C31H52O13S3/c1-17(2)31(15-19(31)4)13-8-18(3)20-9-11-30(7)22-14-23(42-45(33,34)35)25-26(32)27(44-47(39,40)41)24(43-46(36,37)38)16-28(25,5)21(22)10-12-29(20,30)6/h10,17-20,22-27,32H,8-9,11-16H2,1-7H3,(H,33,34,35)(H,36,37,38)(H,39,40,41)/t18-,19?,20-,22-,23+,24+,25+,26-,27-,28-,29-,30+,31?/m1/s1. The summed E-state index contributed by atoms with van der Waals surface area (Å²) in [7, 11) is -15.6. The zero-order valence-corrected chi connectivity index (χ0v) is 30.6. The minimum atomic E-state index is -5.28. The Balaban J connectivity index is 1.54. The highest BCUT2D eigenvalue weighted by atomic mass is 32.3. The van der Waals surface area contributed by atoms with Crippen molar-refractivity contribution >= 4 is 31.2 Å². The Hall–Kier alpha value is -0.690. The average Bonchev–Trinajstić information content (AvgIpc) is 3.47. The monoisotopic (exact) mass is 728 g/mol. The smallest absolute Gasteiger partial charge is 0.390 e. The number of allylic oxidation sites excluding steroid dienone is 2. The molecular formula is C31H52O13S3. The van der Waals surface area contributed by atoms with Crippen molar-refractivity contribution in [3.8, 4) is 0 Å². The zero-order chi connectivity index (χ0) is 35.3. The molecule has 47 heavy (non-hydrogen) atoms. The van der Waals surface area contributed by atoms with Crippen molar-refractivity contribution in [3.63, 3.8) is 0 Å². The number of aliphatic hydroxyl groups excluding tert-OH is 1. The van der Waals surface area contributed by atoms with Gasteiger partial charge in [0.1, 0.15) is 12.2 Å². The molecule has 4 saturated carbocycles. The molecule has 0 heterocycles. The average molecular weight is 729 g/mol. The summed E-state index contributed by atoms with van der Waals surface area (Å²) in [6, 6.07) is 0. The van der Waals surface area contributed by atoms with Gasteiger partial charge < -0.3 is 5.11 Å². The van der Waals surface area contributed by atoms with E-state index in [1.807, 2.05) is 0 Å². The minimum Gasteiger partial charge on any atom is -0.390 e. The van der Waals surface area contributed by atoms with Gasteiger partial charge in [0.05, 0.1) is 12.2 Å². The van der Waals surface area contributed by atoms with E-state index >= 15 is 0 Å². The second-order valence-corrected chi connectivity index (χ2v) is 19.5. The number of fused-ring (bicyclic) bond motifs is 5. The van der Waals surface area contributed by atoms with Gasteiger partial charge in [-0.25, -0.2) is 12.5 Å². The predicted molar refractivity (Wildman–Crippen MR) is 171 cm³/mol. The van der Waals surface area contributed by atoms with Gasteiger partial charge in [0.15, 0.2) is 0 Å². The van der Waals surface area contributed by atoms with E-state index in [0.29, 0.717) is 29.6 Å². The van der Waals surface area contributed by atoms with Crippen molar-refractivity contribution in [1.82, 2.24) is 0 Å². The second-order valence-electron chi connectivity index (χ2n) is 16.4. The molecule has 5 rings (SSSR count). The quantitative estimate of drug-likeness (QED) is 0.166. The van der Waals surface area contributed by atoms with E-state index < -0.39 is 66.9 Å². The molecule has 0 aromatic rings. The Bertz CT molecular complexity index is 1590. The summed E-state index contributed by atoms with van der Waals surface area (Å²) in [5, 5.41) is 11.6. The van der Waals surface area contributed by atoms with Crippen LogP contribution >= 0.6 is 0 Å². The maximum absolute atomic E-state index is 12.2. The van der Waals surface area contributed by atoms with Crippen molar-refractivity contribution in [2.24, 2.45) is 57.2 Å². The van der Waals surface area contributed by atoms with E-state index in [1.54, 1.807) is 6.92 Å². The van der Waals surface area contributed by atoms with Crippen LogP contribution in [0.25, 0.3) is 0 Å². The van der Waals surface area contributed by atoms with Gasteiger partial charge in [-0.05, 0) is 103 Å². The van der Waals surface area contributed by atoms with Crippen LogP contribution in [0.2, 0.25) is 0 Å². The Morgan fingerprint density at radius 1 is 0.872 bits per heavy atom. The molecule has 2 unspecified atom stereocenters. The van der Waals surface area contributed by atoms with Crippen LogP contribution < -0.4 is 0 Å². The molecule has 0 aliphatic heterocycles. The van der Waals surface area contributed by atoms with E-state index in [0.717, 1.165) is 30.8 Å². The van der Waals surface area contributed by atoms with E-state index in [-0.39, 0.29) is 29.6 Å². The Morgan fingerprint density at radius 2 is 1.43 bits per heavy atom. The molecule has 16 heteroatoms. The molecule has 0 aromatic carbocycles. The molecule has 272 valence electrons. The van der Waals surface area contributed by atoms with Gasteiger partial charge in [-0.3, -0.25) is 13.7 Å². The molecule has 0 spiro atoms. The van der Waals surface area contributed by atoms with Crippen LogP contribution in [0, 0.1) is 57.2 Å². The molecule has 13 nitrogen and oxygen atoms in total. The fraction of sp³-hybridized carbons (Fsp3) is 0.935. The summed E-state index contributed by atoms with van der Waals surface area (Å²) in [4.78, 5) is 0. The van der Waals surface area contributed by atoms with Crippen molar-refractivity contribution in [2.45, 2.75) is 124 Å². The maximum atomic E-state index is 12.2. The Kier molecular flexibility index (Phi) is 9.54. The van der Waals surface area contributed by atoms with Crippen molar-refractivity contribution < 1.29 is 56.6 Å². The lowest BCUT2D eigenvalue weighted by Crippen LogP contribution is -2.65. The highest BCUT2D eigenvalue weighted by Gasteiger charge is 2.68. The van der Waals surface area contributed by atoms with Crippen LogP contribution in [0.5, 0.6) is 0 Å². The highest BCUT2D eigenvalue weighted by molar-refractivity contribution is 7.81. The van der Waals surface area contributed by atoms with E-state index in [9.17, 15) is 44.0 Å². The lowest BCUT2D eigenvalue weighted by Gasteiger charge is -2.63. The first-order valence-corrected chi connectivity index (χ1v) is 20.7. The first kappa shape index (κ1) is 37.6. The Labute approximate surface area is 280 Å². The van der Waals surface area contributed by atoms with Crippen molar-refractivity contribution in [3.05, 3.63) is 11.6 Å². The molecule has 13 atom stereocenters. The first-order chi connectivity index (χ1) is 21.3. The van der Waals surface area contributed by atoms with E-state index in [1.165, 1.54) is 12.8 Å². The van der Waals surface area contributed by atoms with E-state index in [2.05, 4.69) is 51.8 Å². The predicted octanol–water partition coefficient (Wildman–Crippen LogP) is 4.81. The summed E-state index contributed by atoms with van der Waals surface area (Å²) >= 11 is 0. The summed E-state index contributed by atoms with van der Waals surface area (Å²) in [5.41, 5.74) is -0.611. The number of hydrogen-bond donors (Lipinski definition) is 4. The largest absolute Gasteiger partial charge is 0.397 e. The minimum absolute atomic E-state index is 0.0620. The first-order valence-electron chi connectivity index (χ1n) is 16.6. The summed E-state index contributed by atoms with van der Waals surface area (Å²) in [6.45, 7) is 15.4. The maximum Gasteiger partial charge on any atom is 0.397 e. The third-order valence-corrected chi connectivity index (χ3v) is 15.5. The fourth-order valence-corrected chi connectivity index (χ4v) is 12.9. The number of hydrogen-bond acceptors (Lipinski definition) is 10. The lowest BCUT2D eigenvalue weighted by molar-refractivity contribution is -0.179.